The monoisotopic (exact) mass is 704 g/mol. The van der Waals surface area contributed by atoms with Crippen LogP contribution in [0, 0.1) is 10.1 Å². The number of ether oxygens (including phenoxy) is 3. The lowest BCUT2D eigenvalue weighted by atomic mass is 10.3. The van der Waals surface area contributed by atoms with Crippen molar-refractivity contribution < 1.29 is 23.9 Å². The minimum absolute atomic E-state index is 0.0131. The van der Waals surface area contributed by atoms with E-state index in [0.29, 0.717) is 24.5 Å². The molecular formula is C38H37N6O6P. The first-order chi connectivity index (χ1) is 24.9. The Kier molecular flexibility index (Phi) is 12.4. The fraction of sp³-hybridized carbons (Fsp3) is 0.158. The molecule has 0 fully saturated rings. The van der Waals surface area contributed by atoms with E-state index in [4.69, 9.17) is 19.0 Å². The highest BCUT2D eigenvalue weighted by Crippen LogP contribution is 2.51. The summed E-state index contributed by atoms with van der Waals surface area (Å²) in [5.41, 5.74) is -0.305. The normalized spacial score (nSPS) is 10.8. The number of carbonyl (C=O) groups excluding carboxylic acids is 1. The SMILES string of the molecule is C=CCCOc1cccnc1CN(C(=O)OCC)c1nc(OCC=C)nc(N=P(c2ccccc2)(c2ccccc2)c2ccccc2)c1[N+](=O)[O-]. The van der Waals surface area contributed by atoms with E-state index in [9.17, 15) is 14.9 Å². The van der Waals surface area contributed by atoms with Crippen LogP contribution in [-0.2, 0) is 11.3 Å². The second-order valence-electron chi connectivity index (χ2n) is 10.8. The Morgan fingerprint density at radius 2 is 1.49 bits per heavy atom. The summed E-state index contributed by atoms with van der Waals surface area (Å²) in [6, 6.07) is 31.9. The second-order valence-corrected chi connectivity index (χ2v) is 13.8. The highest BCUT2D eigenvalue weighted by molar-refractivity contribution is 7.87. The van der Waals surface area contributed by atoms with Gasteiger partial charge in [-0.15, -0.1) is 6.58 Å². The van der Waals surface area contributed by atoms with Gasteiger partial charge in [-0.1, -0.05) is 110 Å². The van der Waals surface area contributed by atoms with E-state index >= 15 is 0 Å². The average molecular weight is 705 g/mol. The Morgan fingerprint density at radius 1 is 0.882 bits per heavy atom. The zero-order chi connectivity index (χ0) is 36.1. The minimum Gasteiger partial charge on any atom is -0.491 e. The van der Waals surface area contributed by atoms with Crippen molar-refractivity contribution in [3.63, 3.8) is 0 Å². The van der Waals surface area contributed by atoms with Gasteiger partial charge < -0.3 is 14.2 Å². The van der Waals surface area contributed by atoms with E-state index in [1.165, 1.54) is 12.3 Å². The van der Waals surface area contributed by atoms with E-state index in [0.717, 1.165) is 20.8 Å². The molecule has 0 spiro atoms. The number of aromatic nitrogens is 3. The molecular weight excluding hydrogens is 667 g/mol. The number of carbonyl (C=O) groups is 1. The molecule has 0 saturated carbocycles. The standard InChI is InChI=1S/C38H37N6O6P/c1-4-7-27-49-33-24-17-25-39-32(33)28-43(38(45)48-6-3)36-34(44(46)47)35(40-37(41-36)50-26-5-2)42-51(29-18-11-8-12-19-29,30-20-13-9-14-21-30)31-22-15-10-16-23-31/h4-5,8-25H,1-2,6-7,26-28H2,3H3. The molecule has 2 heterocycles. The molecule has 0 aliphatic carbocycles. The summed E-state index contributed by atoms with van der Waals surface area (Å²) >= 11 is 0. The third kappa shape index (κ3) is 8.37. The highest BCUT2D eigenvalue weighted by Gasteiger charge is 2.36. The van der Waals surface area contributed by atoms with Crippen molar-refractivity contribution in [1.82, 2.24) is 15.0 Å². The Hall–Kier alpha value is -6.13. The molecule has 260 valence electrons. The number of amides is 1. The molecule has 0 atom stereocenters. The van der Waals surface area contributed by atoms with Crippen molar-refractivity contribution in [3.8, 4) is 11.8 Å². The van der Waals surface area contributed by atoms with E-state index in [1.54, 1.807) is 25.1 Å². The number of hydrogen-bond acceptors (Lipinski definition) is 10. The van der Waals surface area contributed by atoms with Crippen molar-refractivity contribution in [3.05, 3.63) is 150 Å². The van der Waals surface area contributed by atoms with Crippen LogP contribution in [0.3, 0.4) is 0 Å². The van der Waals surface area contributed by atoms with Crippen LogP contribution < -0.4 is 30.3 Å². The van der Waals surface area contributed by atoms with Crippen LogP contribution in [0.1, 0.15) is 19.0 Å². The van der Waals surface area contributed by atoms with Gasteiger partial charge in [0.2, 0.25) is 11.6 Å². The predicted octanol–water partition coefficient (Wildman–Crippen LogP) is 7.27. The molecule has 0 unspecified atom stereocenters. The molecule has 12 nitrogen and oxygen atoms in total. The summed E-state index contributed by atoms with van der Waals surface area (Å²) in [5.74, 6) is -0.298. The third-order valence-corrected chi connectivity index (χ3v) is 11.1. The average Bonchev–Trinajstić information content (AvgIpc) is 3.16. The maximum absolute atomic E-state index is 13.7. The predicted molar refractivity (Wildman–Crippen MR) is 199 cm³/mol. The topological polar surface area (TPSA) is 142 Å². The molecule has 0 N–H and O–H groups in total. The van der Waals surface area contributed by atoms with E-state index in [2.05, 4.69) is 28.1 Å². The first-order valence-corrected chi connectivity index (χ1v) is 17.9. The summed E-state index contributed by atoms with van der Waals surface area (Å²) in [7, 11) is -3.08. The lowest BCUT2D eigenvalue weighted by Crippen LogP contribution is -2.33. The number of pyridine rings is 1. The number of nitrogens with zero attached hydrogens (tertiary/aromatic N) is 6. The van der Waals surface area contributed by atoms with Gasteiger partial charge in [0.05, 0.1) is 31.7 Å². The van der Waals surface area contributed by atoms with Crippen molar-refractivity contribution >= 4 is 46.4 Å². The number of anilines is 1. The molecule has 51 heavy (non-hydrogen) atoms. The first-order valence-electron chi connectivity index (χ1n) is 16.1. The van der Waals surface area contributed by atoms with Crippen molar-refractivity contribution in [1.29, 1.82) is 0 Å². The summed E-state index contributed by atoms with van der Waals surface area (Å²) < 4.78 is 22.4. The molecule has 0 saturated heterocycles. The second kappa shape index (κ2) is 17.5. The molecule has 3 aromatic carbocycles. The summed E-state index contributed by atoms with van der Waals surface area (Å²) in [4.78, 5) is 40.7. The number of benzene rings is 3. The number of hydrogen-bond donors (Lipinski definition) is 0. The Morgan fingerprint density at radius 3 is 2.02 bits per heavy atom. The largest absolute Gasteiger partial charge is 0.491 e. The smallest absolute Gasteiger partial charge is 0.416 e. The molecule has 0 radical (unpaired) electrons. The van der Waals surface area contributed by atoms with Crippen LogP contribution in [0.5, 0.6) is 11.8 Å². The van der Waals surface area contributed by atoms with Crippen molar-refractivity contribution in [2.24, 2.45) is 4.74 Å². The van der Waals surface area contributed by atoms with Gasteiger partial charge >= 0.3 is 17.8 Å². The number of nitro groups is 1. The zero-order valence-corrected chi connectivity index (χ0v) is 29.0. The van der Waals surface area contributed by atoms with Crippen molar-refractivity contribution in [2.45, 2.75) is 19.9 Å². The van der Waals surface area contributed by atoms with Gasteiger partial charge in [-0.05, 0) is 25.5 Å². The molecule has 5 aromatic rings. The summed E-state index contributed by atoms with van der Waals surface area (Å²) in [5, 5.41) is 15.7. The van der Waals surface area contributed by atoms with Gasteiger partial charge in [0.25, 0.3) is 0 Å². The molecule has 2 aromatic heterocycles. The van der Waals surface area contributed by atoms with Crippen LogP contribution in [0.2, 0.25) is 0 Å². The summed E-state index contributed by atoms with van der Waals surface area (Å²) in [6.07, 6.45) is 4.39. The maximum atomic E-state index is 13.7. The van der Waals surface area contributed by atoms with Gasteiger partial charge in [0.15, 0.2) is 0 Å². The van der Waals surface area contributed by atoms with E-state index in [-0.39, 0.29) is 37.4 Å². The molecule has 13 heteroatoms. The Labute approximate surface area is 296 Å². The van der Waals surface area contributed by atoms with Gasteiger partial charge in [-0.3, -0.25) is 15.1 Å². The van der Waals surface area contributed by atoms with Crippen LogP contribution >= 0.6 is 7.05 Å². The Bertz CT molecular complexity index is 1930. The van der Waals surface area contributed by atoms with Crippen molar-refractivity contribution in [2.75, 3.05) is 24.7 Å². The summed E-state index contributed by atoms with van der Waals surface area (Å²) in [6.45, 7) is 9.05. The Balaban J connectivity index is 1.86. The third-order valence-electron chi connectivity index (χ3n) is 7.45. The van der Waals surface area contributed by atoms with Gasteiger partial charge in [0.1, 0.15) is 18.1 Å². The van der Waals surface area contributed by atoms with Crippen LogP contribution in [0.4, 0.5) is 22.1 Å². The van der Waals surface area contributed by atoms with E-state index < -0.39 is 23.8 Å². The van der Waals surface area contributed by atoms with E-state index in [1.807, 2.05) is 91.0 Å². The van der Waals surface area contributed by atoms with Crippen LogP contribution in [0.15, 0.2) is 139 Å². The fourth-order valence-corrected chi connectivity index (χ4v) is 8.70. The maximum Gasteiger partial charge on any atom is 0.416 e. The molecule has 5 rings (SSSR count). The molecule has 0 aliphatic heterocycles. The highest BCUT2D eigenvalue weighted by atomic mass is 31.2. The van der Waals surface area contributed by atoms with Gasteiger partial charge in [-0.2, -0.15) is 9.97 Å². The lowest BCUT2D eigenvalue weighted by Gasteiger charge is -2.27. The molecule has 0 bridgehead atoms. The fourth-order valence-electron chi connectivity index (χ4n) is 5.23. The lowest BCUT2D eigenvalue weighted by molar-refractivity contribution is -0.383. The van der Waals surface area contributed by atoms with Crippen LogP contribution in [0.25, 0.3) is 0 Å². The minimum atomic E-state index is -3.08. The number of rotatable bonds is 16. The molecule has 1 amide bonds. The van der Waals surface area contributed by atoms with Gasteiger partial charge in [0, 0.05) is 22.1 Å². The van der Waals surface area contributed by atoms with Gasteiger partial charge in [-0.25, -0.2) is 14.4 Å². The quantitative estimate of drug-likeness (QED) is 0.0341. The zero-order valence-electron chi connectivity index (χ0n) is 28.1. The van der Waals surface area contributed by atoms with Crippen LogP contribution in [-0.4, -0.2) is 45.8 Å². The first kappa shape index (κ1) is 36.2. The molecule has 0 aliphatic rings.